The van der Waals surface area contributed by atoms with E-state index in [0.717, 1.165) is 22.3 Å². The Morgan fingerprint density at radius 3 is 2.49 bits per heavy atom. The molecule has 0 radical (unpaired) electrons. The van der Waals surface area contributed by atoms with Crippen LogP contribution in [0, 0.1) is 13.8 Å². The molecule has 3 amide bonds. The van der Waals surface area contributed by atoms with Gasteiger partial charge in [0.25, 0.3) is 5.91 Å². The molecule has 0 saturated heterocycles. The molecule has 0 aliphatic carbocycles. The Balaban J connectivity index is 0.00000324. The van der Waals surface area contributed by atoms with Gasteiger partial charge in [-0.3, -0.25) is 14.4 Å². The molecule has 35 heavy (non-hydrogen) atoms. The second kappa shape index (κ2) is 12.0. The molecule has 3 rings (SSSR count). The molecule has 10 heteroatoms. The van der Waals surface area contributed by atoms with Crippen LogP contribution in [0.3, 0.4) is 0 Å². The number of methoxy groups -OCH3 is 1. The van der Waals surface area contributed by atoms with E-state index in [4.69, 9.17) is 4.74 Å². The molecular formula is C25H28N3NaO6. The van der Waals surface area contributed by atoms with Gasteiger partial charge in [0.15, 0.2) is 11.8 Å². The van der Waals surface area contributed by atoms with Crippen molar-refractivity contribution in [1.29, 1.82) is 0 Å². The second-order valence-electron chi connectivity index (χ2n) is 8.04. The molecule has 2 aromatic rings. The minimum atomic E-state index is -1.38. The molecule has 1 aliphatic rings. The molecule has 180 valence electrons. The van der Waals surface area contributed by atoms with E-state index in [1.54, 1.807) is 19.2 Å². The monoisotopic (exact) mass is 489 g/mol. The predicted molar refractivity (Wildman–Crippen MR) is 126 cm³/mol. The van der Waals surface area contributed by atoms with Crippen LogP contribution in [0.1, 0.15) is 30.6 Å². The van der Waals surface area contributed by atoms with Gasteiger partial charge in [-0.1, -0.05) is 30.3 Å². The van der Waals surface area contributed by atoms with Gasteiger partial charge in [-0.15, -0.1) is 0 Å². The Labute approximate surface area is 227 Å². The maximum atomic E-state index is 12.7. The van der Waals surface area contributed by atoms with Crippen LogP contribution in [0.4, 0.5) is 4.79 Å². The van der Waals surface area contributed by atoms with Gasteiger partial charge in [-0.2, -0.15) is 0 Å². The summed E-state index contributed by atoms with van der Waals surface area (Å²) in [6.07, 6.45) is 2.12. The van der Waals surface area contributed by atoms with Gasteiger partial charge in [0, 0.05) is 24.9 Å². The van der Waals surface area contributed by atoms with E-state index in [1.807, 2.05) is 38.1 Å². The first-order valence-corrected chi connectivity index (χ1v) is 10.6. The first-order valence-electron chi connectivity index (χ1n) is 10.6. The number of likely N-dealkylation sites (N-methyl/N-ethyl adjacent to an activating group) is 1. The molecule has 2 atom stereocenters. The number of amides is 3. The van der Waals surface area contributed by atoms with Crippen LogP contribution >= 0.6 is 0 Å². The van der Waals surface area contributed by atoms with Crippen molar-refractivity contribution >= 4 is 23.7 Å². The van der Waals surface area contributed by atoms with Crippen molar-refractivity contribution in [2.45, 2.75) is 32.4 Å². The molecule has 9 nitrogen and oxygen atoms in total. The van der Waals surface area contributed by atoms with Crippen molar-refractivity contribution in [2.75, 3.05) is 14.2 Å². The number of carboxylic acid groups (broad SMARTS) is 1. The number of carboxylic acids is 1. The predicted octanol–water partition coefficient (Wildman–Crippen LogP) is -0.166. The molecule has 0 spiro atoms. The number of ketones is 1. The summed E-state index contributed by atoms with van der Waals surface area (Å²) in [5, 5.41) is 14.5. The fourth-order valence-corrected chi connectivity index (χ4v) is 4.00. The van der Waals surface area contributed by atoms with Gasteiger partial charge in [0.05, 0.1) is 19.6 Å². The molecule has 2 aromatic carbocycles. The van der Waals surface area contributed by atoms with Crippen LogP contribution in [0.25, 0.3) is 11.1 Å². The van der Waals surface area contributed by atoms with Gasteiger partial charge in [0.2, 0.25) is 0 Å². The first kappa shape index (κ1) is 28.1. The van der Waals surface area contributed by atoms with E-state index in [9.17, 15) is 24.3 Å². The minimum absolute atomic E-state index is 0. The van der Waals surface area contributed by atoms with Gasteiger partial charge >= 0.3 is 41.6 Å². The summed E-state index contributed by atoms with van der Waals surface area (Å²) in [4.78, 5) is 49.9. The molecule has 0 bridgehead atoms. The fraction of sp³-hybridized carbons (Fsp3) is 0.280. The molecule has 1 heterocycles. The Morgan fingerprint density at radius 1 is 1.17 bits per heavy atom. The SMILES string of the molecule is COc1ccc(C(CC(=O)O)NC(=O)NC2C(=O)C=CN(C)C2=O)c(C)c1-c1ccccc1C.[H-].[Na+]. The van der Waals surface area contributed by atoms with Crippen molar-refractivity contribution in [1.82, 2.24) is 15.5 Å². The molecule has 1 aliphatic heterocycles. The van der Waals surface area contributed by atoms with Gasteiger partial charge in [-0.05, 0) is 42.2 Å². The number of hydrogen-bond acceptors (Lipinski definition) is 5. The quantitative estimate of drug-likeness (QED) is 0.367. The van der Waals surface area contributed by atoms with E-state index in [-0.39, 0.29) is 31.0 Å². The largest absolute Gasteiger partial charge is 1.00 e. The molecule has 0 fully saturated rings. The van der Waals surface area contributed by atoms with Crippen molar-refractivity contribution < 1.29 is 60.0 Å². The smallest absolute Gasteiger partial charge is 1.00 e. The van der Waals surface area contributed by atoms with E-state index >= 15 is 0 Å². The van der Waals surface area contributed by atoms with Crippen molar-refractivity contribution in [3.05, 3.63) is 65.4 Å². The standard InChI is InChI=1S/C25H27N3O6.Na.H/c1-14-7-5-6-8-16(14)22-15(2)17(9-10-20(22)34-4)18(13-21(30)31)26-25(33)27-23-19(29)11-12-28(3)24(23)32;;/h5-12,18,23H,13H2,1-4H3,(H,30,31)(H2,26,27,33);;/q;+1;-1. The number of carbonyl (C=O) groups excluding carboxylic acids is 3. The molecule has 0 saturated carbocycles. The summed E-state index contributed by atoms with van der Waals surface area (Å²) in [7, 11) is 3.03. The Bertz CT molecular complexity index is 1190. The first-order chi connectivity index (χ1) is 16.1. The van der Waals surface area contributed by atoms with E-state index in [1.165, 1.54) is 24.2 Å². The van der Waals surface area contributed by atoms with Crippen LogP contribution in [0.15, 0.2) is 48.7 Å². The summed E-state index contributed by atoms with van der Waals surface area (Å²) < 4.78 is 5.56. The Hall–Kier alpha value is -3.14. The molecular weight excluding hydrogens is 461 g/mol. The normalized spacial score (nSPS) is 15.8. The summed E-state index contributed by atoms with van der Waals surface area (Å²) in [5.74, 6) is -1.65. The molecule has 0 aromatic heterocycles. The van der Waals surface area contributed by atoms with Crippen LogP contribution < -0.4 is 44.9 Å². The molecule has 3 N–H and O–H groups in total. The van der Waals surface area contributed by atoms with E-state index in [0.29, 0.717) is 11.3 Å². The second-order valence-corrected chi connectivity index (χ2v) is 8.04. The van der Waals surface area contributed by atoms with Crippen LogP contribution in [-0.4, -0.2) is 53.9 Å². The van der Waals surface area contributed by atoms with E-state index < -0.39 is 42.2 Å². The topological polar surface area (TPSA) is 125 Å². The zero-order valence-corrected chi connectivity index (χ0v) is 22.4. The number of hydrogen-bond donors (Lipinski definition) is 3. The number of aryl methyl sites for hydroxylation is 1. The summed E-state index contributed by atoms with van der Waals surface area (Å²) in [6, 6.07) is 8.04. The number of rotatable bonds is 7. The summed E-state index contributed by atoms with van der Waals surface area (Å²) in [5.41, 5.74) is 4.04. The van der Waals surface area contributed by atoms with Crippen LogP contribution in [-0.2, 0) is 14.4 Å². The fourth-order valence-electron chi connectivity index (χ4n) is 4.00. The van der Waals surface area contributed by atoms with Gasteiger partial charge < -0.3 is 26.8 Å². The number of carbonyl (C=O) groups is 4. The minimum Gasteiger partial charge on any atom is -1.00 e. The maximum Gasteiger partial charge on any atom is 1.00 e. The number of ether oxygens (including phenoxy) is 1. The van der Waals surface area contributed by atoms with E-state index in [2.05, 4.69) is 10.6 Å². The third-order valence-corrected chi connectivity index (χ3v) is 5.78. The Kier molecular flexibility index (Phi) is 9.64. The number of nitrogens with zero attached hydrogens (tertiary/aromatic N) is 1. The summed E-state index contributed by atoms with van der Waals surface area (Å²) >= 11 is 0. The average molecular weight is 490 g/mol. The van der Waals surface area contributed by atoms with Crippen LogP contribution in [0.5, 0.6) is 5.75 Å². The number of benzene rings is 2. The maximum absolute atomic E-state index is 12.7. The van der Waals surface area contributed by atoms with Gasteiger partial charge in [-0.25, -0.2) is 4.79 Å². The van der Waals surface area contributed by atoms with Gasteiger partial charge in [0.1, 0.15) is 5.75 Å². The van der Waals surface area contributed by atoms with Crippen molar-refractivity contribution in [3.63, 3.8) is 0 Å². The number of nitrogens with one attached hydrogen (secondary N) is 2. The van der Waals surface area contributed by atoms with Crippen molar-refractivity contribution in [2.24, 2.45) is 0 Å². The molecule has 2 unspecified atom stereocenters. The number of urea groups is 1. The third-order valence-electron chi connectivity index (χ3n) is 5.78. The summed E-state index contributed by atoms with van der Waals surface area (Å²) in [6.45, 7) is 3.80. The number of aliphatic carboxylic acids is 1. The zero-order chi connectivity index (χ0) is 25.0. The van der Waals surface area contributed by atoms with Crippen molar-refractivity contribution in [3.8, 4) is 16.9 Å². The average Bonchev–Trinajstić information content (AvgIpc) is 2.79. The zero-order valence-electron chi connectivity index (χ0n) is 21.4. The third kappa shape index (κ3) is 6.30. The Morgan fingerprint density at radius 2 is 1.86 bits per heavy atom. The van der Waals surface area contributed by atoms with Crippen LogP contribution in [0.2, 0.25) is 0 Å².